The van der Waals surface area contributed by atoms with Crippen LogP contribution < -0.4 is 0 Å². The van der Waals surface area contributed by atoms with Gasteiger partial charge in [-0.2, -0.15) is 0 Å². The molecular weight excluding hydrogens is 898 g/mol. The smallest absolute Gasteiger partial charge is 0.462 e. The molecule has 0 aromatic carbocycles. The molecule has 8 atom stereocenters. The fourth-order valence-electron chi connectivity index (χ4n) is 7.30. The SMILES string of the molecule is CCCCC/C=C\C=C\C(=O)CCCCCCCC(=O)OC[C@H](COP(=O)(O)O[C@H]1C(O)C(O)C(O)[C@@H](OP(=O)(O)O)C1O)OC(=O)CCCCCCCCC/C=C\CCCCCCCC. The molecule has 0 aromatic rings. The molecular formula is C47H84O17P2. The van der Waals surface area contributed by atoms with Gasteiger partial charge in [0.15, 0.2) is 11.9 Å². The molecule has 5 unspecified atom stereocenters. The number of unbranched alkanes of at least 4 members (excludes halogenated alkanes) is 20. The van der Waals surface area contributed by atoms with Gasteiger partial charge in [0.05, 0.1) is 6.61 Å². The number of phosphoric acid groups is 2. The normalized spacial score (nSPS) is 21.7. The third kappa shape index (κ3) is 31.8. The van der Waals surface area contributed by atoms with E-state index in [-0.39, 0.29) is 18.6 Å². The van der Waals surface area contributed by atoms with Gasteiger partial charge < -0.3 is 44.6 Å². The summed E-state index contributed by atoms with van der Waals surface area (Å²) >= 11 is 0. The summed E-state index contributed by atoms with van der Waals surface area (Å²) in [5.74, 6) is -1.24. The van der Waals surface area contributed by atoms with E-state index in [1.165, 1.54) is 44.9 Å². The van der Waals surface area contributed by atoms with E-state index in [2.05, 4.69) is 36.6 Å². The number of ketones is 1. The summed E-state index contributed by atoms with van der Waals surface area (Å²) in [6.45, 7) is 2.96. The van der Waals surface area contributed by atoms with Crippen molar-refractivity contribution in [1.82, 2.24) is 0 Å². The van der Waals surface area contributed by atoms with Crippen LogP contribution in [0, 0.1) is 0 Å². The van der Waals surface area contributed by atoms with Crippen LogP contribution in [0.2, 0.25) is 0 Å². The highest BCUT2D eigenvalue weighted by atomic mass is 31.2. The van der Waals surface area contributed by atoms with Gasteiger partial charge in [0.1, 0.15) is 43.2 Å². The Morgan fingerprint density at radius 2 is 0.970 bits per heavy atom. The van der Waals surface area contributed by atoms with E-state index in [4.69, 9.17) is 18.5 Å². The monoisotopic (exact) mass is 983 g/mol. The number of carbonyl (C=O) groups is 3. The molecule has 0 bridgehead atoms. The Balaban J connectivity index is 2.61. The first-order chi connectivity index (χ1) is 31.5. The number of hydrogen-bond acceptors (Lipinski definition) is 14. The standard InChI is InChI=1S/C47H84O17P2/c1-3-5-7-9-11-12-13-14-15-16-17-18-19-20-22-26-31-35-41(50)62-39(36-60-40(49)34-30-27-23-25-29-33-38(48)32-28-24-21-10-8-6-4-2)37-61-66(58,59)64-47-44(53)42(51)43(52)46(45(47)54)63-65(55,56)57/h14-15,21,24,28,32,39,42-47,51-54H,3-13,16-20,22-23,25-27,29-31,33-37H2,1-2H3,(H,58,59)(H2,55,56,57)/b15-14-,24-21-,32-28+/t39-,42?,43?,44?,45?,46-,47+/m1/s1. The van der Waals surface area contributed by atoms with Crippen LogP contribution in [-0.4, -0.2) is 109 Å². The highest BCUT2D eigenvalue weighted by Gasteiger charge is 2.54. The lowest BCUT2D eigenvalue weighted by atomic mass is 9.85. The van der Waals surface area contributed by atoms with Crippen molar-refractivity contribution in [3.8, 4) is 0 Å². The predicted octanol–water partition coefficient (Wildman–Crippen LogP) is 8.69. The molecule has 384 valence electrons. The van der Waals surface area contributed by atoms with Crippen LogP contribution in [0.15, 0.2) is 36.5 Å². The van der Waals surface area contributed by atoms with Crippen LogP contribution in [0.1, 0.15) is 187 Å². The summed E-state index contributed by atoms with van der Waals surface area (Å²) in [6.07, 6.45) is 22.0. The van der Waals surface area contributed by atoms with Gasteiger partial charge in [-0.25, -0.2) is 9.13 Å². The number of ether oxygens (including phenoxy) is 2. The zero-order valence-electron chi connectivity index (χ0n) is 39.6. The van der Waals surface area contributed by atoms with Gasteiger partial charge >= 0.3 is 27.6 Å². The van der Waals surface area contributed by atoms with E-state index in [0.29, 0.717) is 25.7 Å². The molecule has 1 rings (SSSR count). The number of carbonyl (C=O) groups excluding carboxylic acids is 3. The maximum Gasteiger partial charge on any atom is 0.472 e. The Morgan fingerprint density at radius 3 is 1.53 bits per heavy atom. The van der Waals surface area contributed by atoms with Gasteiger partial charge in [0, 0.05) is 19.3 Å². The Labute approximate surface area is 393 Å². The Hall–Kier alpha value is -2.11. The minimum Gasteiger partial charge on any atom is -0.462 e. The van der Waals surface area contributed by atoms with E-state index < -0.39 is 83.5 Å². The second kappa shape index (κ2) is 37.7. The molecule has 7 N–H and O–H groups in total. The summed E-state index contributed by atoms with van der Waals surface area (Å²) < 4.78 is 49.3. The fourth-order valence-corrected chi connectivity index (χ4v) is 8.84. The molecule has 0 radical (unpaired) electrons. The van der Waals surface area contributed by atoms with E-state index in [1.54, 1.807) is 12.2 Å². The van der Waals surface area contributed by atoms with Crippen molar-refractivity contribution in [2.45, 2.75) is 230 Å². The van der Waals surface area contributed by atoms with Gasteiger partial charge in [0.2, 0.25) is 0 Å². The van der Waals surface area contributed by atoms with Crippen molar-refractivity contribution >= 4 is 33.4 Å². The fraction of sp³-hybridized carbons (Fsp3) is 0.809. The minimum atomic E-state index is -5.38. The molecule has 0 saturated heterocycles. The van der Waals surface area contributed by atoms with Crippen LogP contribution in [0.3, 0.4) is 0 Å². The van der Waals surface area contributed by atoms with Gasteiger partial charge in [-0.3, -0.25) is 28.0 Å². The quantitative estimate of drug-likeness (QED) is 0.00753. The molecule has 0 heterocycles. The van der Waals surface area contributed by atoms with Gasteiger partial charge in [-0.15, -0.1) is 0 Å². The van der Waals surface area contributed by atoms with Crippen LogP contribution in [-0.2, 0) is 46.6 Å². The van der Waals surface area contributed by atoms with Crippen molar-refractivity contribution in [1.29, 1.82) is 0 Å². The number of allylic oxidation sites excluding steroid dienone is 6. The molecule has 1 aliphatic carbocycles. The van der Waals surface area contributed by atoms with Gasteiger partial charge in [-0.1, -0.05) is 141 Å². The highest BCUT2D eigenvalue weighted by molar-refractivity contribution is 7.47. The molecule has 1 saturated carbocycles. The van der Waals surface area contributed by atoms with E-state index in [1.807, 2.05) is 6.08 Å². The number of rotatable bonds is 41. The zero-order chi connectivity index (χ0) is 49.1. The molecule has 1 aliphatic rings. The first kappa shape index (κ1) is 61.9. The van der Waals surface area contributed by atoms with Crippen molar-refractivity contribution in [3.63, 3.8) is 0 Å². The minimum absolute atomic E-state index is 0.0147. The van der Waals surface area contributed by atoms with Crippen LogP contribution in [0.5, 0.6) is 0 Å². The zero-order valence-corrected chi connectivity index (χ0v) is 41.4. The molecule has 0 spiro atoms. The summed E-state index contributed by atoms with van der Waals surface area (Å²) in [4.78, 5) is 66.4. The number of hydrogen-bond donors (Lipinski definition) is 7. The Bertz CT molecular complexity index is 1480. The van der Waals surface area contributed by atoms with Crippen LogP contribution in [0.25, 0.3) is 0 Å². The van der Waals surface area contributed by atoms with E-state index in [9.17, 15) is 58.6 Å². The Kier molecular flexibility index (Phi) is 35.4. The summed E-state index contributed by atoms with van der Waals surface area (Å²) in [5, 5.41) is 41.2. The van der Waals surface area contributed by atoms with Gasteiger partial charge in [0.25, 0.3) is 0 Å². The second-order valence-electron chi connectivity index (χ2n) is 17.2. The van der Waals surface area contributed by atoms with Crippen molar-refractivity contribution in [2.75, 3.05) is 13.2 Å². The maximum atomic E-state index is 13.0. The number of aliphatic hydroxyl groups is 4. The third-order valence-corrected chi connectivity index (χ3v) is 12.7. The molecule has 66 heavy (non-hydrogen) atoms. The average molecular weight is 983 g/mol. The summed E-state index contributed by atoms with van der Waals surface area (Å²) in [5.41, 5.74) is 0. The molecule has 17 nitrogen and oxygen atoms in total. The number of phosphoric ester groups is 2. The molecule has 0 aliphatic heterocycles. The number of aliphatic hydroxyl groups excluding tert-OH is 4. The predicted molar refractivity (Wildman–Crippen MR) is 251 cm³/mol. The van der Waals surface area contributed by atoms with Crippen LogP contribution in [0.4, 0.5) is 0 Å². The second-order valence-corrected chi connectivity index (χ2v) is 19.8. The van der Waals surface area contributed by atoms with Crippen molar-refractivity contribution < 1.29 is 81.7 Å². The first-order valence-electron chi connectivity index (χ1n) is 24.5. The first-order valence-corrected chi connectivity index (χ1v) is 27.5. The lowest BCUT2D eigenvalue weighted by molar-refractivity contribution is -0.216. The topological polar surface area (TPSA) is 273 Å². The lowest BCUT2D eigenvalue weighted by Crippen LogP contribution is -2.64. The molecule has 19 heteroatoms. The van der Waals surface area contributed by atoms with E-state index >= 15 is 0 Å². The van der Waals surface area contributed by atoms with E-state index in [0.717, 1.165) is 89.9 Å². The maximum absolute atomic E-state index is 13.0. The van der Waals surface area contributed by atoms with Crippen molar-refractivity contribution in [2.24, 2.45) is 0 Å². The summed E-state index contributed by atoms with van der Waals surface area (Å²) in [7, 11) is -10.7. The largest absolute Gasteiger partial charge is 0.472 e. The molecule has 1 fully saturated rings. The van der Waals surface area contributed by atoms with Crippen LogP contribution >= 0.6 is 15.6 Å². The summed E-state index contributed by atoms with van der Waals surface area (Å²) in [6, 6.07) is 0. The Morgan fingerprint density at radius 1 is 0.515 bits per heavy atom. The van der Waals surface area contributed by atoms with Gasteiger partial charge in [-0.05, 0) is 63.9 Å². The molecule has 0 amide bonds. The van der Waals surface area contributed by atoms with Crippen molar-refractivity contribution in [3.05, 3.63) is 36.5 Å². The molecule has 0 aromatic heterocycles. The lowest BCUT2D eigenvalue weighted by Gasteiger charge is -2.43. The average Bonchev–Trinajstić information content (AvgIpc) is 3.27. The number of esters is 2. The highest BCUT2D eigenvalue weighted by Crippen LogP contribution is 2.49. The third-order valence-electron chi connectivity index (χ3n) is 11.2.